The number of para-hydroxylation sites is 1. The SMILES string of the molecule is O=C(Cc1ccc(-c2cnc3ccccc3c2)cc1)Nc1cc(C2CC2)[nH]n1. The summed E-state index contributed by atoms with van der Waals surface area (Å²) in [7, 11) is 0. The van der Waals surface area contributed by atoms with Crippen molar-refractivity contribution in [3.8, 4) is 11.1 Å². The molecule has 0 saturated heterocycles. The molecule has 1 fully saturated rings. The van der Waals surface area contributed by atoms with E-state index in [0.29, 0.717) is 18.2 Å². The number of carbonyl (C=O) groups excluding carboxylic acids is 1. The second kappa shape index (κ2) is 6.93. The lowest BCUT2D eigenvalue weighted by Crippen LogP contribution is -2.14. The zero-order chi connectivity index (χ0) is 18.9. The smallest absolute Gasteiger partial charge is 0.229 e. The molecule has 2 heterocycles. The van der Waals surface area contributed by atoms with Gasteiger partial charge < -0.3 is 5.32 Å². The van der Waals surface area contributed by atoms with E-state index in [0.717, 1.165) is 33.3 Å². The highest BCUT2D eigenvalue weighted by Gasteiger charge is 2.25. The number of anilines is 1. The first kappa shape index (κ1) is 16.7. The fraction of sp³-hybridized carbons (Fsp3) is 0.174. The van der Waals surface area contributed by atoms with Crippen LogP contribution in [0.25, 0.3) is 22.0 Å². The number of aromatic amines is 1. The number of amides is 1. The quantitative estimate of drug-likeness (QED) is 0.537. The normalized spacial score (nSPS) is 13.6. The molecule has 28 heavy (non-hydrogen) atoms. The third-order valence-corrected chi connectivity index (χ3v) is 5.12. The van der Waals surface area contributed by atoms with Crippen molar-refractivity contribution in [3.05, 3.63) is 78.1 Å². The fourth-order valence-electron chi connectivity index (χ4n) is 3.42. The van der Waals surface area contributed by atoms with Crippen LogP contribution in [0.15, 0.2) is 66.9 Å². The third-order valence-electron chi connectivity index (χ3n) is 5.12. The van der Waals surface area contributed by atoms with E-state index in [4.69, 9.17) is 0 Å². The minimum Gasteiger partial charge on any atom is -0.309 e. The number of rotatable bonds is 5. The van der Waals surface area contributed by atoms with Gasteiger partial charge in [-0.2, -0.15) is 5.10 Å². The Balaban J connectivity index is 1.26. The highest BCUT2D eigenvalue weighted by molar-refractivity contribution is 5.91. The van der Waals surface area contributed by atoms with Crippen molar-refractivity contribution in [1.29, 1.82) is 0 Å². The van der Waals surface area contributed by atoms with E-state index >= 15 is 0 Å². The summed E-state index contributed by atoms with van der Waals surface area (Å²) >= 11 is 0. The second-order valence-electron chi connectivity index (χ2n) is 7.32. The molecule has 5 heteroatoms. The van der Waals surface area contributed by atoms with Crippen LogP contribution < -0.4 is 5.32 Å². The molecule has 4 aromatic rings. The van der Waals surface area contributed by atoms with Gasteiger partial charge in [0.05, 0.1) is 11.9 Å². The minimum absolute atomic E-state index is 0.0611. The average molecular weight is 368 g/mol. The van der Waals surface area contributed by atoms with Gasteiger partial charge >= 0.3 is 0 Å². The molecule has 5 nitrogen and oxygen atoms in total. The summed E-state index contributed by atoms with van der Waals surface area (Å²) < 4.78 is 0. The Morgan fingerprint density at radius 1 is 1.04 bits per heavy atom. The Kier molecular flexibility index (Phi) is 4.13. The summed E-state index contributed by atoms with van der Waals surface area (Å²) in [5.41, 5.74) is 5.22. The summed E-state index contributed by atoms with van der Waals surface area (Å²) in [6.45, 7) is 0. The van der Waals surface area contributed by atoms with Crippen molar-refractivity contribution in [3.63, 3.8) is 0 Å². The van der Waals surface area contributed by atoms with Crippen LogP contribution in [0.5, 0.6) is 0 Å². The number of pyridine rings is 1. The summed E-state index contributed by atoms with van der Waals surface area (Å²) in [5.74, 6) is 1.13. The fourth-order valence-corrected chi connectivity index (χ4v) is 3.42. The lowest BCUT2D eigenvalue weighted by atomic mass is 10.0. The van der Waals surface area contributed by atoms with E-state index in [-0.39, 0.29) is 5.91 Å². The van der Waals surface area contributed by atoms with E-state index in [1.54, 1.807) is 0 Å². The molecular formula is C23H20N4O. The van der Waals surface area contributed by atoms with Gasteiger partial charge in [0.1, 0.15) is 0 Å². The van der Waals surface area contributed by atoms with Gasteiger partial charge in [-0.15, -0.1) is 0 Å². The molecule has 1 aliphatic rings. The largest absolute Gasteiger partial charge is 0.309 e. The van der Waals surface area contributed by atoms with Gasteiger partial charge in [-0.05, 0) is 36.1 Å². The Morgan fingerprint density at radius 2 is 1.86 bits per heavy atom. The van der Waals surface area contributed by atoms with E-state index in [1.165, 1.54) is 12.8 Å². The van der Waals surface area contributed by atoms with Crippen molar-refractivity contribution in [1.82, 2.24) is 15.2 Å². The Morgan fingerprint density at radius 3 is 2.68 bits per heavy atom. The number of nitrogens with one attached hydrogen (secondary N) is 2. The van der Waals surface area contributed by atoms with Gasteiger partial charge in [0.15, 0.2) is 5.82 Å². The van der Waals surface area contributed by atoms with E-state index < -0.39 is 0 Å². The Hall–Kier alpha value is -3.47. The summed E-state index contributed by atoms with van der Waals surface area (Å²) in [6, 6.07) is 20.2. The monoisotopic (exact) mass is 368 g/mol. The predicted molar refractivity (Wildman–Crippen MR) is 110 cm³/mol. The highest BCUT2D eigenvalue weighted by atomic mass is 16.1. The van der Waals surface area contributed by atoms with Gasteiger partial charge in [0.2, 0.25) is 5.91 Å². The molecule has 5 rings (SSSR count). The van der Waals surface area contributed by atoms with Crippen LogP contribution in [0, 0.1) is 0 Å². The van der Waals surface area contributed by atoms with Crippen LogP contribution in [0.3, 0.4) is 0 Å². The minimum atomic E-state index is -0.0611. The molecule has 2 aromatic heterocycles. The number of hydrogen-bond acceptors (Lipinski definition) is 3. The molecule has 0 atom stereocenters. The topological polar surface area (TPSA) is 70.7 Å². The number of hydrogen-bond donors (Lipinski definition) is 2. The lowest BCUT2D eigenvalue weighted by molar-refractivity contribution is -0.115. The molecule has 0 unspecified atom stereocenters. The number of carbonyl (C=O) groups is 1. The molecule has 0 aliphatic heterocycles. The van der Waals surface area contributed by atoms with Gasteiger partial charge in [-0.3, -0.25) is 14.9 Å². The molecule has 0 radical (unpaired) electrons. The summed E-state index contributed by atoms with van der Waals surface area (Å²) in [6.07, 6.45) is 4.62. The molecular weight excluding hydrogens is 348 g/mol. The first-order valence-corrected chi connectivity index (χ1v) is 9.54. The Bertz CT molecular complexity index is 1140. The predicted octanol–water partition coefficient (Wildman–Crippen LogP) is 4.68. The average Bonchev–Trinajstić information content (AvgIpc) is 3.47. The molecule has 1 amide bonds. The molecule has 0 spiro atoms. The molecule has 138 valence electrons. The van der Waals surface area contributed by atoms with E-state index in [9.17, 15) is 4.79 Å². The molecule has 0 bridgehead atoms. The highest BCUT2D eigenvalue weighted by Crippen LogP contribution is 2.39. The van der Waals surface area contributed by atoms with Gasteiger partial charge in [0, 0.05) is 34.8 Å². The van der Waals surface area contributed by atoms with Gasteiger partial charge in [-0.1, -0.05) is 42.5 Å². The lowest BCUT2D eigenvalue weighted by Gasteiger charge is -2.06. The van der Waals surface area contributed by atoms with E-state index in [2.05, 4.69) is 32.6 Å². The number of benzene rings is 2. The first-order chi connectivity index (χ1) is 13.7. The maximum atomic E-state index is 12.3. The van der Waals surface area contributed by atoms with Crippen LogP contribution >= 0.6 is 0 Å². The maximum Gasteiger partial charge on any atom is 0.229 e. The first-order valence-electron chi connectivity index (χ1n) is 9.54. The zero-order valence-electron chi connectivity index (χ0n) is 15.4. The van der Waals surface area contributed by atoms with Crippen molar-refractivity contribution in [2.75, 3.05) is 5.32 Å². The Labute approximate surface area is 162 Å². The van der Waals surface area contributed by atoms with Crippen LogP contribution in [0.4, 0.5) is 5.82 Å². The number of aromatic nitrogens is 3. The number of fused-ring (bicyclic) bond motifs is 1. The summed E-state index contributed by atoms with van der Waals surface area (Å²) in [5, 5.41) is 11.2. The van der Waals surface area contributed by atoms with Gasteiger partial charge in [0.25, 0.3) is 0 Å². The molecule has 2 N–H and O–H groups in total. The van der Waals surface area contributed by atoms with Crippen LogP contribution in [-0.2, 0) is 11.2 Å². The van der Waals surface area contributed by atoms with Gasteiger partial charge in [-0.25, -0.2) is 0 Å². The van der Waals surface area contributed by atoms with Crippen LogP contribution in [0.2, 0.25) is 0 Å². The van der Waals surface area contributed by atoms with Crippen molar-refractivity contribution >= 4 is 22.6 Å². The molecule has 2 aromatic carbocycles. The summed E-state index contributed by atoms with van der Waals surface area (Å²) in [4.78, 5) is 16.8. The number of H-pyrrole nitrogens is 1. The molecule has 1 saturated carbocycles. The van der Waals surface area contributed by atoms with Crippen molar-refractivity contribution < 1.29 is 4.79 Å². The number of nitrogens with zero attached hydrogens (tertiary/aromatic N) is 2. The zero-order valence-corrected chi connectivity index (χ0v) is 15.4. The van der Waals surface area contributed by atoms with Crippen LogP contribution in [0.1, 0.15) is 30.0 Å². The van der Waals surface area contributed by atoms with Crippen LogP contribution in [-0.4, -0.2) is 21.1 Å². The third kappa shape index (κ3) is 3.51. The molecule has 1 aliphatic carbocycles. The maximum absolute atomic E-state index is 12.3. The second-order valence-corrected chi connectivity index (χ2v) is 7.32. The van der Waals surface area contributed by atoms with Crippen molar-refractivity contribution in [2.45, 2.75) is 25.2 Å². The van der Waals surface area contributed by atoms with Crippen molar-refractivity contribution in [2.24, 2.45) is 0 Å². The standard InChI is InChI=1S/C23H20N4O/c28-23(25-22-13-21(26-27-22)17-9-10-17)11-15-5-7-16(8-6-15)19-12-18-3-1-2-4-20(18)24-14-19/h1-8,12-14,17H,9-11H2,(H2,25,26,27,28). The van der Waals surface area contributed by atoms with E-state index in [1.807, 2.05) is 54.7 Å².